The van der Waals surface area contributed by atoms with Gasteiger partial charge in [0.25, 0.3) is 0 Å². The molecule has 0 unspecified atom stereocenters. The average molecular weight is 433 g/mol. The summed E-state index contributed by atoms with van der Waals surface area (Å²) in [7, 11) is 0. The molecular weight excluding hydrogens is 414 g/mol. The molecule has 2 aromatic carbocycles. The summed E-state index contributed by atoms with van der Waals surface area (Å²) in [6.07, 6.45) is 5.64. The van der Waals surface area contributed by atoms with E-state index in [4.69, 9.17) is 5.73 Å². The van der Waals surface area contributed by atoms with Crippen molar-refractivity contribution in [1.29, 1.82) is 0 Å². The van der Waals surface area contributed by atoms with Crippen LogP contribution in [0.3, 0.4) is 0 Å². The molecule has 33 heavy (non-hydrogen) atoms. The topological polar surface area (TPSA) is 115 Å². The Hall–Kier alpha value is -4.59. The lowest BCUT2D eigenvalue weighted by atomic mass is 10.0. The average Bonchev–Trinajstić information content (AvgIpc) is 3.53. The number of ketones is 1. The van der Waals surface area contributed by atoms with Crippen LogP contribution in [0.25, 0.3) is 34.1 Å². The summed E-state index contributed by atoms with van der Waals surface area (Å²) in [6, 6.07) is 15.5. The zero-order valence-electron chi connectivity index (χ0n) is 17.8. The van der Waals surface area contributed by atoms with Crippen LogP contribution in [0.5, 0.6) is 0 Å². The van der Waals surface area contributed by atoms with Gasteiger partial charge < -0.3 is 10.7 Å². The lowest BCUT2D eigenvalue weighted by molar-refractivity contribution is 0.103. The summed E-state index contributed by atoms with van der Waals surface area (Å²) in [5.41, 5.74) is 13.8. The third-order valence-electron chi connectivity index (χ3n) is 5.89. The fraction of sp³-hybridized carbons (Fsp3) is 0.0800. The van der Waals surface area contributed by atoms with Crippen LogP contribution in [0.4, 0.5) is 5.82 Å². The number of nitrogen functional groups attached to an aromatic ring is 1. The number of Topliss-reactive ketones (excluding diaryl/α,β-unsaturated/α-hetero) is 1. The van der Waals surface area contributed by atoms with Gasteiger partial charge >= 0.3 is 0 Å². The lowest BCUT2D eigenvalue weighted by Gasteiger charge is -2.06. The summed E-state index contributed by atoms with van der Waals surface area (Å²) >= 11 is 0. The molecular formula is C25H19N7O. The van der Waals surface area contributed by atoms with Gasteiger partial charge in [0.05, 0.1) is 34.2 Å². The van der Waals surface area contributed by atoms with Crippen molar-refractivity contribution in [3.05, 3.63) is 89.0 Å². The second kappa shape index (κ2) is 7.23. The Kier molecular flexibility index (Phi) is 4.19. The van der Waals surface area contributed by atoms with Crippen molar-refractivity contribution in [3.8, 4) is 16.9 Å². The van der Waals surface area contributed by atoms with Crippen molar-refractivity contribution in [2.45, 2.75) is 13.3 Å². The molecule has 5 aromatic rings. The van der Waals surface area contributed by atoms with Gasteiger partial charge in [0, 0.05) is 23.8 Å². The number of rotatable bonds is 4. The Morgan fingerprint density at radius 3 is 2.91 bits per heavy atom. The third-order valence-corrected chi connectivity index (χ3v) is 5.89. The van der Waals surface area contributed by atoms with Crippen LogP contribution in [0.1, 0.15) is 27.3 Å². The van der Waals surface area contributed by atoms with Gasteiger partial charge in [-0.2, -0.15) is 15.3 Å². The van der Waals surface area contributed by atoms with Crippen LogP contribution >= 0.6 is 0 Å². The molecule has 0 radical (unpaired) electrons. The maximum atomic E-state index is 13.3. The Balaban J connectivity index is 1.29. The number of hydrogen-bond donors (Lipinski definition) is 2. The van der Waals surface area contributed by atoms with Gasteiger partial charge in [-0.3, -0.25) is 4.79 Å². The largest absolute Gasteiger partial charge is 0.383 e. The van der Waals surface area contributed by atoms with Crippen LogP contribution < -0.4 is 5.73 Å². The standard InChI is InChI=1S/C25H19N7O/c1-14-29-22-7-6-19(12-23(22)30-14)32-25(26)20(13-28-32)24(33)18-9-15-4-5-16(10-17(15)11-18)21-3-2-8-27-31-21/h2-10,12-13H,11,26H2,1H3,(H,29,30). The van der Waals surface area contributed by atoms with Gasteiger partial charge in [0.15, 0.2) is 5.78 Å². The minimum Gasteiger partial charge on any atom is -0.383 e. The molecule has 0 spiro atoms. The Morgan fingerprint density at radius 2 is 2.06 bits per heavy atom. The van der Waals surface area contributed by atoms with Crippen LogP contribution in [0.2, 0.25) is 0 Å². The highest BCUT2D eigenvalue weighted by Gasteiger charge is 2.24. The van der Waals surface area contributed by atoms with E-state index >= 15 is 0 Å². The quantitative estimate of drug-likeness (QED) is 0.415. The molecule has 3 N–H and O–H groups in total. The summed E-state index contributed by atoms with van der Waals surface area (Å²) < 4.78 is 1.58. The molecule has 0 fully saturated rings. The van der Waals surface area contributed by atoms with E-state index in [2.05, 4.69) is 31.3 Å². The van der Waals surface area contributed by atoms with E-state index in [-0.39, 0.29) is 5.78 Å². The summed E-state index contributed by atoms with van der Waals surface area (Å²) in [5.74, 6) is 1.03. The number of fused-ring (bicyclic) bond motifs is 2. The van der Waals surface area contributed by atoms with Gasteiger partial charge in [-0.15, -0.1) is 0 Å². The summed E-state index contributed by atoms with van der Waals surface area (Å²) in [4.78, 5) is 20.9. The van der Waals surface area contributed by atoms with Crippen molar-refractivity contribution >= 4 is 28.7 Å². The van der Waals surface area contributed by atoms with Gasteiger partial charge in [-0.1, -0.05) is 12.1 Å². The first-order valence-electron chi connectivity index (χ1n) is 10.5. The van der Waals surface area contributed by atoms with E-state index in [1.165, 1.54) is 6.20 Å². The third kappa shape index (κ3) is 3.20. The molecule has 8 nitrogen and oxygen atoms in total. The zero-order valence-corrected chi connectivity index (χ0v) is 17.8. The number of allylic oxidation sites excluding steroid dienone is 1. The van der Waals surface area contributed by atoms with Gasteiger partial charge in [0.2, 0.25) is 0 Å². The monoisotopic (exact) mass is 433 g/mol. The number of imidazole rings is 1. The molecule has 0 amide bonds. The molecule has 0 saturated carbocycles. The molecule has 3 heterocycles. The maximum Gasteiger partial charge on any atom is 0.194 e. The molecule has 0 aliphatic heterocycles. The maximum absolute atomic E-state index is 13.3. The number of carbonyl (C=O) groups is 1. The Bertz CT molecular complexity index is 1580. The zero-order chi connectivity index (χ0) is 22.5. The van der Waals surface area contributed by atoms with Crippen LogP contribution in [0, 0.1) is 6.92 Å². The number of nitrogens with zero attached hydrogens (tertiary/aromatic N) is 5. The molecule has 8 heteroatoms. The minimum absolute atomic E-state index is 0.116. The second-order valence-corrected chi connectivity index (χ2v) is 8.08. The number of H-pyrrole nitrogens is 1. The normalized spacial score (nSPS) is 12.7. The van der Waals surface area contributed by atoms with Crippen LogP contribution in [-0.2, 0) is 6.42 Å². The molecule has 160 valence electrons. The fourth-order valence-electron chi connectivity index (χ4n) is 4.27. The Labute approximate surface area is 188 Å². The predicted octanol–water partition coefficient (Wildman–Crippen LogP) is 3.92. The molecule has 0 saturated heterocycles. The highest BCUT2D eigenvalue weighted by atomic mass is 16.1. The van der Waals surface area contributed by atoms with E-state index in [0.29, 0.717) is 23.4 Å². The van der Waals surface area contributed by atoms with E-state index in [9.17, 15) is 4.79 Å². The number of carbonyl (C=O) groups excluding carboxylic acids is 1. The number of aromatic amines is 1. The summed E-state index contributed by atoms with van der Waals surface area (Å²) in [5, 5.41) is 12.5. The van der Waals surface area contributed by atoms with E-state index in [1.807, 2.05) is 55.5 Å². The fourth-order valence-corrected chi connectivity index (χ4v) is 4.27. The van der Waals surface area contributed by atoms with Gasteiger partial charge in [-0.25, -0.2) is 9.67 Å². The van der Waals surface area contributed by atoms with Crippen molar-refractivity contribution in [2.75, 3.05) is 5.73 Å². The lowest BCUT2D eigenvalue weighted by Crippen LogP contribution is -2.08. The molecule has 1 aliphatic rings. The smallest absolute Gasteiger partial charge is 0.194 e. The minimum atomic E-state index is -0.116. The number of aryl methyl sites for hydroxylation is 1. The predicted molar refractivity (Wildman–Crippen MR) is 126 cm³/mol. The van der Waals surface area contributed by atoms with Crippen LogP contribution in [0.15, 0.2) is 66.5 Å². The number of nitrogens with two attached hydrogens (primary N) is 1. The van der Waals surface area contributed by atoms with Crippen molar-refractivity contribution in [1.82, 2.24) is 29.9 Å². The SMILES string of the molecule is Cc1nc2ccc(-n3ncc(C(=O)C4=Cc5ccc(-c6cccnn6)cc5C4)c3N)cc2[nH]1. The number of anilines is 1. The van der Waals surface area contributed by atoms with E-state index in [1.54, 1.807) is 10.9 Å². The van der Waals surface area contributed by atoms with Crippen molar-refractivity contribution in [2.24, 2.45) is 0 Å². The highest BCUT2D eigenvalue weighted by molar-refractivity contribution is 6.15. The molecule has 0 atom stereocenters. The highest BCUT2D eigenvalue weighted by Crippen LogP contribution is 2.32. The van der Waals surface area contributed by atoms with Gasteiger partial charge in [0.1, 0.15) is 11.6 Å². The number of nitrogens with one attached hydrogen (secondary N) is 1. The summed E-state index contributed by atoms with van der Waals surface area (Å²) in [6.45, 7) is 1.91. The molecule has 0 bridgehead atoms. The Morgan fingerprint density at radius 1 is 1.15 bits per heavy atom. The van der Waals surface area contributed by atoms with Crippen LogP contribution in [-0.4, -0.2) is 35.7 Å². The van der Waals surface area contributed by atoms with Gasteiger partial charge in [-0.05, 0) is 60.5 Å². The number of hydrogen-bond acceptors (Lipinski definition) is 6. The molecule has 1 aliphatic carbocycles. The first kappa shape index (κ1) is 19.1. The number of aromatic nitrogens is 6. The van der Waals surface area contributed by atoms with Crippen molar-refractivity contribution in [3.63, 3.8) is 0 Å². The first-order valence-corrected chi connectivity index (χ1v) is 10.5. The first-order chi connectivity index (χ1) is 16.1. The molecule has 6 rings (SSSR count). The van der Waals surface area contributed by atoms with Crippen molar-refractivity contribution < 1.29 is 4.79 Å². The van der Waals surface area contributed by atoms with E-state index < -0.39 is 0 Å². The molecule has 3 aromatic heterocycles. The number of benzene rings is 2. The second-order valence-electron chi connectivity index (χ2n) is 8.08. The van der Waals surface area contributed by atoms with E-state index in [0.717, 1.165) is 44.9 Å².